The monoisotopic (exact) mass is 223 g/mol. The summed E-state index contributed by atoms with van der Waals surface area (Å²) in [5.41, 5.74) is 5.83. The predicted molar refractivity (Wildman–Crippen MR) is 58.7 cm³/mol. The third-order valence-electron chi connectivity index (χ3n) is 2.72. The van der Waals surface area contributed by atoms with Crippen LogP contribution in [0.2, 0.25) is 0 Å². The molecule has 0 radical (unpaired) electrons. The highest BCUT2D eigenvalue weighted by atomic mass is 16.5. The average Bonchev–Trinajstić information content (AvgIpc) is 2.90. The Balaban J connectivity index is 1.93. The van der Waals surface area contributed by atoms with Crippen LogP contribution in [0.1, 0.15) is 30.6 Å². The van der Waals surface area contributed by atoms with Gasteiger partial charge < -0.3 is 15.0 Å². The van der Waals surface area contributed by atoms with Crippen molar-refractivity contribution in [2.24, 2.45) is 11.7 Å². The Morgan fingerprint density at radius 2 is 2.50 bits per heavy atom. The van der Waals surface area contributed by atoms with E-state index in [0.29, 0.717) is 18.2 Å². The normalized spacial score (nSPS) is 22.2. The van der Waals surface area contributed by atoms with Crippen molar-refractivity contribution in [3.63, 3.8) is 0 Å². The maximum atomic E-state index is 5.83. The molecular formula is C11H17N3O2. The van der Waals surface area contributed by atoms with Crippen molar-refractivity contribution in [2.45, 2.75) is 25.3 Å². The molecule has 2 unspecified atom stereocenters. The van der Waals surface area contributed by atoms with E-state index in [4.69, 9.17) is 15.0 Å². The van der Waals surface area contributed by atoms with E-state index in [1.54, 1.807) is 6.08 Å². The molecule has 0 bridgehead atoms. The number of nitrogens with two attached hydrogens (primary N) is 1. The summed E-state index contributed by atoms with van der Waals surface area (Å²) in [7, 11) is 0. The first-order valence-corrected chi connectivity index (χ1v) is 5.56. The Morgan fingerprint density at radius 1 is 1.62 bits per heavy atom. The minimum Gasteiger partial charge on any atom is -0.381 e. The maximum Gasteiger partial charge on any atom is 0.243 e. The van der Waals surface area contributed by atoms with Crippen LogP contribution in [0.3, 0.4) is 0 Å². The summed E-state index contributed by atoms with van der Waals surface area (Å²) in [5.74, 6) is 1.74. The Morgan fingerprint density at radius 3 is 3.19 bits per heavy atom. The van der Waals surface area contributed by atoms with E-state index in [9.17, 15) is 0 Å². The largest absolute Gasteiger partial charge is 0.381 e. The van der Waals surface area contributed by atoms with Gasteiger partial charge in [0.2, 0.25) is 5.89 Å². The van der Waals surface area contributed by atoms with Crippen LogP contribution in [0, 0.1) is 5.92 Å². The highest BCUT2D eigenvalue weighted by Crippen LogP contribution is 2.18. The molecule has 5 heteroatoms. The Bertz CT molecular complexity index is 345. The molecule has 1 aliphatic heterocycles. The minimum absolute atomic E-state index is 0.237. The van der Waals surface area contributed by atoms with Crippen LogP contribution in [0.5, 0.6) is 0 Å². The third kappa shape index (κ3) is 2.68. The number of hydrogen-bond acceptors (Lipinski definition) is 5. The first-order chi connectivity index (χ1) is 7.79. The summed E-state index contributed by atoms with van der Waals surface area (Å²) in [6.45, 7) is 5.26. The van der Waals surface area contributed by atoms with E-state index in [0.717, 1.165) is 31.9 Å². The van der Waals surface area contributed by atoms with Gasteiger partial charge in [-0.05, 0) is 18.8 Å². The molecule has 2 rings (SSSR count). The van der Waals surface area contributed by atoms with Crippen LogP contribution < -0.4 is 5.73 Å². The molecule has 2 heterocycles. The van der Waals surface area contributed by atoms with Crippen molar-refractivity contribution in [3.8, 4) is 0 Å². The molecule has 1 fully saturated rings. The van der Waals surface area contributed by atoms with Gasteiger partial charge in [0.1, 0.15) is 0 Å². The van der Waals surface area contributed by atoms with Crippen molar-refractivity contribution in [1.82, 2.24) is 10.1 Å². The van der Waals surface area contributed by atoms with E-state index in [1.807, 2.05) is 0 Å². The molecular weight excluding hydrogens is 206 g/mol. The fourth-order valence-corrected chi connectivity index (χ4v) is 1.78. The number of aromatic nitrogens is 2. The van der Waals surface area contributed by atoms with Crippen LogP contribution in [-0.2, 0) is 11.2 Å². The first-order valence-electron chi connectivity index (χ1n) is 5.56. The lowest BCUT2D eigenvalue weighted by molar-refractivity contribution is 0.185. The van der Waals surface area contributed by atoms with Crippen LogP contribution in [0.4, 0.5) is 0 Å². The molecule has 0 saturated carbocycles. The second kappa shape index (κ2) is 5.23. The average molecular weight is 223 g/mol. The number of ether oxygens (including phenoxy) is 1. The Labute approximate surface area is 94.7 Å². The third-order valence-corrected chi connectivity index (χ3v) is 2.72. The molecule has 1 saturated heterocycles. The standard InChI is InChI=1S/C11H17N3O2/c1-2-3-9(12)11-13-10(14-16-11)6-8-4-5-15-7-8/h2,8-9H,1,3-7,12H2. The molecule has 5 nitrogen and oxygen atoms in total. The molecule has 1 aliphatic rings. The molecule has 88 valence electrons. The molecule has 2 N–H and O–H groups in total. The van der Waals surface area contributed by atoms with E-state index < -0.39 is 0 Å². The lowest BCUT2D eigenvalue weighted by Gasteiger charge is -2.02. The fourth-order valence-electron chi connectivity index (χ4n) is 1.78. The summed E-state index contributed by atoms with van der Waals surface area (Å²) in [6.07, 6.45) is 4.28. The van der Waals surface area contributed by atoms with Crippen LogP contribution >= 0.6 is 0 Å². The Hall–Kier alpha value is -1.20. The molecule has 1 aromatic rings. The fraction of sp³-hybridized carbons (Fsp3) is 0.636. The van der Waals surface area contributed by atoms with Gasteiger partial charge in [-0.15, -0.1) is 6.58 Å². The summed E-state index contributed by atoms with van der Waals surface area (Å²) in [6, 6.07) is -0.237. The zero-order valence-electron chi connectivity index (χ0n) is 9.26. The van der Waals surface area contributed by atoms with Crippen molar-refractivity contribution in [3.05, 3.63) is 24.4 Å². The summed E-state index contributed by atoms with van der Waals surface area (Å²) >= 11 is 0. The molecule has 1 aromatic heterocycles. The van der Waals surface area contributed by atoms with Gasteiger partial charge in [0.25, 0.3) is 0 Å². The van der Waals surface area contributed by atoms with Gasteiger partial charge in [0, 0.05) is 19.6 Å². The lowest BCUT2D eigenvalue weighted by Crippen LogP contribution is -2.10. The van der Waals surface area contributed by atoms with Crippen molar-refractivity contribution in [2.75, 3.05) is 13.2 Å². The van der Waals surface area contributed by atoms with Crippen LogP contribution in [0.15, 0.2) is 17.2 Å². The van der Waals surface area contributed by atoms with E-state index in [2.05, 4.69) is 16.7 Å². The van der Waals surface area contributed by atoms with E-state index in [-0.39, 0.29) is 6.04 Å². The van der Waals surface area contributed by atoms with Crippen LogP contribution in [-0.4, -0.2) is 23.4 Å². The lowest BCUT2D eigenvalue weighted by atomic mass is 10.1. The summed E-state index contributed by atoms with van der Waals surface area (Å²) in [5, 5.41) is 3.93. The SMILES string of the molecule is C=CCC(N)c1nc(CC2CCOC2)no1. The maximum absolute atomic E-state index is 5.83. The van der Waals surface area contributed by atoms with Crippen molar-refractivity contribution >= 4 is 0 Å². The van der Waals surface area contributed by atoms with Crippen molar-refractivity contribution in [1.29, 1.82) is 0 Å². The topological polar surface area (TPSA) is 74.2 Å². The molecule has 16 heavy (non-hydrogen) atoms. The van der Waals surface area contributed by atoms with Gasteiger partial charge in [-0.3, -0.25) is 0 Å². The summed E-state index contributed by atoms with van der Waals surface area (Å²) in [4.78, 5) is 4.29. The highest BCUT2D eigenvalue weighted by Gasteiger charge is 2.20. The molecule has 0 aliphatic carbocycles. The number of rotatable bonds is 5. The Kier molecular flexibility index (Phi) is 3.69. The van der Waals surface area contributed by atoms with Gasteiger partial charge in [-0.25, -0.2) is 0 Å². The molecule has 2 atom stereocenters. The molecule has 0 amide bonds. The van der Waals surface area contributed by atoms with E-state index >= 15 is 0 Å². The predicted octanol–water partition coefficient (Wildman–Crippen LogP) is 1.22. The van der Waals surface area contributed by atoms with E-state index in [1.165, 1.54) is 0 Å². The quantitative estimate of drug-likeness (QED) is 0.760. The summed E-state index contributed by atoms with van der Waals surface area (Å²) < 4.78 is 10.4. The number of hydrogen-bond donors (Lipinski definition) is 1. The van der Waals surface area contributed by atoms with Gasteiger partial charge in [0.05, 0.1) is 6.04 Å². The zero-order chi connectivity index (χ0) is 11.4. The minimum atomic E-state index is -0.237. The second-order valence-corrected chi connectivity index (χ2v) is 4.11. The van der Waals surface area contributed by atoms with Crippen LogP contribution in [0.25, 0.3) is 0 Å². The molecule has 0 spiro atoms. The van der Waals surface area contributed by atoms with Gasteiger partial charge >= 0.3 is 0 Å². The van der Waals surface area contributed by atoms with Crippen molar-refractivity contribution < 1.29 is 9.26 Å². The van der Waals surface area contributed by atoms with Gasteiger partial charge in [0.15, 0.2) is 5.82 Å². The zero-order valence-corrected chi connectivity index (χ0v) is 9.26. The first kappa shape index (κ1) is 11.3. The van der Waals surface area contributed by atoms with Gasteiger partial charge in [-0.2, -0.15) is 4.98 Å². The smallest absolute Gasteiger partial charge is 0.243 e. The van der Waals surface area contributed by atoms with Gasteiger partial charge in [-0.1, -0.05) is 11.2 Å². The highest BCUT2D eigenvalue weighted by molar-refractivity contribution is 4.95. The number of nitrogens with zero attached hydrogens (tertiary/aromatic N) is 2. The second-order valence-electron chi connectivity index (χ2n) is 4.11. The molecule has 0 aromatic carbocycles.